The summed E-state index contributed by atoms with van der Waals surface area (Å²) in [5.41, 5.74) is 1.99. The Kier molecular flexibility index (Phi) is 9.79. The monoisotopic (exact) mass is 527 g/mol. The number of amides is 2. The highest BCUT2D eigenvalue weighted by molar-refractivity contribution is 7.92. The molecule has 2 aromatic carbocycles. The maximum Gasteiger partial charge on any atom is 0.244 e. The molecule has 0 radical (unpaired) electrons. The molecule has 7 nitrogen and oxygen atoms in total. The first-order chi connectivity index (χ1) is 15.8. The fourth-order valence-corrected chi connectivity index (χ4v) is 4.92. The highest BCUT2D eigenvalue weighted by Gasteiger charge is 2.32. The lowest BCUT2D eigenvalue weighted by Crippen LogP contribution is -2.53. The van der Waals surface area contributed by atoms with Gasteiger partial charge in [-0.05, 0) is 56.5 Å². The molecular weight excluding hydrogens is 497 g/mol. The fourth-order valence-electron chi connectivity index (χ4n) is 3.57. The van der Waals surface area contributed by atoms with E-state index in [0.717, 1.165) is 21.7 Å². The van der Waals surface area contributed by atoms with Crippen LogP contribution in [0, 0.1) is 6.92 Å². The summed E-state index contributed by atoms with van der Waals surface area (Å²) < 4.78 is 26.2. The standard InChI is InChI=1S/C24H31Cl2N3O4S/c1-6-22(24(31)27-16(2)3)28(14-18-10-8-7-9-17(18)4)23(30)15-29(34(5,32)33)21-12-19(25)11-20(26)13-21/h7-13,16,22H,6,14-15H2,1-5H3,(H,27,31)/t22-/m1/s1. The van der Waals surface area contributed by atoms with Crippen molar-refractivity contribution in [2.24, 2.45) is 0 Å². The summed E-state index contributed by atoms with van der Waals surface area (Å²) in [5.74, 6) is -0.813. The Morgan fingerprint density at radius 3 is 2.15 bits per heavy atom. The van der Waals surface area contributed by atoms with Crippen molar-refractivity contribution in [3.05, 3.63) is 63.6 Å². The van der Waals surface area contributed by atoms with E-state index in [1.807, 2.05) is 52.0 Å². The predicted octanol–water partition coefficient (Wildman–Crippen LogP) is 4.40. The number of anilines is 1. The van der Waals surface area contributed by atoms with Crippen LogP contribution in [-0.2, 0) is 26.2 Å². The third-order valence-corrected chi connectivity index (χ3v) is 6.81. The van der Waals surface area contributed by atoms with Gasteiger partial charge < -0.3 is 10.2 Å². The van der Waals surface area contributed by atoms with E-state index in [4.69, 9.17) is 23.2 Å². The van der Waals surface area contributed by atoms with Crippen LogP contribution in [0.5, 0.6) is 0 Å². The highest BCUT2D eigenvalue weighted by atomic mass is 35.5. The molecule has 0 unspecified atom stereocenters. The smallest absolute Gasteiger partial charge is 0.244 e. The van der Waals surface area contributed by atoms with E-state index in [2.05, 4.69) is 5.32 Å². The molecule has 0 fully saturated rings. The lowest BCUT2D eigenvalue weighted by atomic mass is 10.1. The van der Waals surface area contributed by atoms with Crippen LogP contribution >= 0.6 is 23.2 Å². The Labute approximate surface area is 212 Å². The SMILES string of the molecule is CC[C@H](C(=O)NC(C)C)N(Cc1ccccc1C)C(=O)CN(c1cc(Cl)cc(Cl)c1)S(C)(=O)=O. The van der Waals surface area contributed by atoms with Crippen LogP contribution in [0.1, 0.15) is 38.3 Å². The minimum atomic E-state index is -3.86. The van der Waals surface area contributed by atoms with Crippen molar-refractivity contribution in [2.45, 2.75) is 52.7 Å². The predicted molar refractivity (Wildman–Crippen MR) is 138 cm³/mol. The Morgan fingerprint density at radius 1 is 1.06 bits per heavy atom. The van der Waals surface area contributed by atoms with Gasteiger partial charge in [0.2, 0.25) is 21.8 Å². The number of benzene rings is 2. The summed E-state index contributed by atoms with van der Waals surface area (Å²) in [7, 11) is -3.86. The van der Waals surface area contributed by atoms with E-state index < -0.39 is 28.5 Å². The van der Waals surface area contributed by atoms with Gasteiger partial charge >= 0.3 is 0 Å². The first-order valence-electron chi connectivity index (χ1n) is 10.9. The topological polar surface area (TPSA) is 86.8 Å². The van der Waals surface area contributed by atoms with Gasteiger partial charge in [-0.2, -0.15) is 0 Å². The molecule has 0 saturated carbocycles. The molecule has 1 atom stereocenters. The zero-order valence-corrected chi connectivity index (χ0v) is 22.3. The van der Waals surface area contributed by atoms with Gasteiger partial charge in [0.15, 0.2) is 0 Å². The molecule has 0 spiro atoms. The minimum Gasteiger partial charge on any atom is -0.352 e. The van der Waals surface area contributed by atoms with Crippen molar-refractivity contribution in [1.29, 1.82) is 0 Å². The molecule has 2 rings (SSSR count). The molecule has 0 saturated heterocycles. The summed E-state index contributed by atoms with van der Waals surface area (Å²) in [5, 5.41) is 3.34. The Balaban J connectivity index is 2.49. The Hall–Kier alpha value is -2.29. The van der Waals surface area contributed by atoms with Crippen LogP contribution in [0.15, 0.2) is 42.5 Å². The summed E-state index contributed by atoms with van der Waals surface area (Å²) in [6.45, 7) is 7.06. The third kappa shape index (κ3) is 7.61. The molecule has 0 aliphatic rings. The number of rotatable bonds is 10. The van der Waals surface area contributed by atoms with Crippen LogP contribution < -0.4 is 9.62 Å². The van der Waals surface area contributed by atoms with Crippen LogP contribution in [0.2, 0.25) is 10.0 Å². The second kappa shape index (κ2) is 11.9. The molecular formula is C24H31Cl2N3O4S. The molecule has 10 heteroatoms. The number of carbonyl (C=O) groups is 2. The number of aryl methyl sites for hydroxylation is 1. The molecule has 186 valence electrons. The number of nitrogens with zero attached hydrogens (tertiary/aromatic N) is 2. The van der Waals surface area contributed by atoms with Crippen molar-refractivity contribution >= 4 is 50.7 Å². The van der Waals surface area contributed by atoms with Crippen molar-refractivity contribution in [3.8, 4) is 0 Å². The van der Waals surface area contributed by atoms with Gasteiger partial charge in [0.05, 0.1) is 11.9 Å². The lowest BCUT2D eigenvalue weighted by molar-refractivity contribution is -0.140. The summed E-state index contributed by atoms with van der Waals surface area (Å²) in [4.78, 5) is 28.0. The molecule has 0 aliphatic carbocycles. The second-order valence-corrected chi connectivity index (χ2v) is 11.2. The van der Waals surface area contributed by atoms with Gasteiger partial charge in [0, 0.05) is 22.6 Å². The van der Waals surface area contributed by atoms with Gasteiger partial charge in [-0.15, -0.1) is 0 Å². The van der Waals surface area contributed by atoms with Crippen LogP contribution in [0.3, 0.4) is 0 Å². The number of nitrogens with one attached hydrogen (secondary N) is 1. The van der Waals surface area contributed by atoms with Gasteiger partial charge in [-0.25, -0.2) is 8.42 Å². The summed E-state index contributed by atoms with van der Waals surface area (Å²) in [6, 6.07) is 11.0. The largest absolute Gasteiger partial charge is 0.352 e. The molecule has 1 N–H and O–H groups in total. The second-order valence-electron chi connectivity index (χ2n) is 8.43. The molecule has 0 aliphatic heterocycles. The molecule has 0 aromatic heterocycles. The lowest BCUT2D eigenvalue weighted by Gasteiger charge is -2.33. The average Bonchev–Trinajstić information content (AvgIpc) is 2.70. The number of sulfonamides is 1. The van der Waals surface area contributed by atoms with E-state index in [1.54, 1.807) is 0 Å². The van der Waals surface area contributed by atoms with Crippen molar-refractivity contribution < 1.29 is 18.0 Å². The van der Waals surface area contributed by atoms with E-state index in [-0.39, 0.29) is 34.2 Å². The normalized spacial score (nSPS) is 12.4. The van der Waals surface area contributed by atoms with E-state index in [0.29, 0.717) is 6.42 Å². The zero-order chi connectivity index (χ0) is 25.6. The number of hydrogen-bond acceptors (Lipinski definition) is 4. The van der Waals surface area contributed by atoms with Gasteiger partial charge in [0.1, 0.15) is 12.6 Å². The average molecular weight is 529 g/mol. The van der Waals surface area contributed by atoms with Crippen molar-refractivity contribution in [2.75, 3.05) is 17.1 Å². The first kappa shape index (κ1) is 28.0. The van der Waals surface area contributed by atoms with Gasteiger partial charge in [0.25, 0.3) is 0 Å². The van der Waals surface area contributed by atoms with Crippen molar-refractivity contribution in [1.82, 2.24) is 10.2 Å². The first-order valence-corrected chi connectivity index (χ1v) is 13.5. The maximum absolute atomic E-state index is 13.6. The Morgan fingerprint density at radius 2 is 1.65 bits per heavy atom. The molecule has 2 aromatic rings. The van der Waals surface area contributed by atoms with E-state index in [1.165, 1.54) is 23.1 Å². The maximum atomic E-state index is 13.6. The molecule has 0 heterocycles. The molecule has 34 heavy (non-hydrogen) atoms. The van der Waals surface area contributed by atoms with Crippen LogP contribution in [0.25, 0.3) is 0 Å². The highest BCUT2D eigenvalue weighted by Crippen LogP contribution is 2.27. The fraction of sp³-hybridized carbons (Fsp3) is 0.417. The number of hydrogen-bond donors (Lipinski definition) is 1. The van der Waals surface area contributed by atoms with Gasteiger partial charge in [-0.3, -0.25) is 13.9 Å². The third-order valence-electron chi connectivity index (χ3n) is 5.23. The molecule has 0 bridgehead atoms. The van der Waals surface area contributed by atoms with E-state index >= 15 is 0 Å². The van der Waals surface area contributed by atoms with Gasteiger partial charge in [-0.1, -0.05) is 54.4 Å². The Bertz CT molecular complexity index is 1120. The summed E-state index contributed by atoms with van der Waals surface area (Å²) in [6.07, 6.45) is 1.36. The minimum absolute atomic E-state index is 0.113. The number of halogens is 2. The zero-order valence-electron chi connectivity index (χ0n) is 20.0. The summed E-state index contributed by atoms with van der Waals surface area (Å²) >= 11 is 12.2. The van der Waals surface area contributed by atoms with Crippen LogP contribution in [-0.4, -0.2) is 50.0 Å². The van der Waals surface area contributed by atoms with Crippen molar-refractivity contribution in [3.63, 3.8) is 0 Å². The van der Waals surface area contributed by atoms with E-state index in [9.17, 15) is 18.0 Å². The quantitative estimate of drug-likeness (QED) is 0.495. The van der Waals surface area contributed by atoms with Crippen LogP contribution in [0.4, 0.5) is 5.69 Å². The number of carbonyl (C=O) groups excluding carboxylic acids is 2. The molecule has 2 amide bonds.